The highest BCUT2D eigenvalue weighted by atomic mass is 16.5. The minimum absolute atomic E-state index is 0.00629. The zero-order valence-corrected chi connectivity index (χ0v) is 16.5. The number of allylic oxidation sites excluding steroid dienone is 2. The summed E-state index contributed by atoms with van der Waals surface area (Å²) in [6.07, 6.45) is 8.77. The average Bonchev–Trinajstić information content (AvgIpc) is 3.08. The van der Waals surface area contributed by atoms with Gasteiger partial charge in [0.05, 0.1) is 13.0 Å². The third-order valence-corrected chi connectivity index (χ3v) is 5.23. The molecule has 0 fully saturated rings. The molecule has 5 nitrogen and oxygen atoms in total. The summed E-state index contributed by atoms with van der Waals surface area (Å²) in [7, 11) is 2.00. The van der Waals surface area contributed by atoms with Gasteiger partial charge in [-0.15, -0.1) is 0 Å². The molecule has 0 saturated carbocycles. The summed E-state index contributed by atoms with van der Waals surface area (Å²) in [6.45, 7) is 5.99. The van der Waals surface area contributed by atoms with E-state index in [1.54, 1.807) is 0 Å². The molecule has 3 rings (SSSR count). The topological polar surface area (TPSA) is 44.3 Å². The summed E-state index contributed by atoms with van der Waals surface area (Å²) >= 11 is 0. The van der Waals surface area contributed by atoms with Gasteiger partial charge in [-0.1, -0.05) is 23.3 Å². The van der Waals surface area contributed by atoms with E-state index in [-0.39, 0.29) is 11.9 Å². The minimum Gasteiger partial charge on any atom is -0.489 e. The maximum Gasteiger partial charge on any atom is 0.309 e. The van der Waals surface area contributed by atoms with Gasteiger partial charge in [-0.25, -0.2) is 9.13 Å². The Balaban J connectivity index is 1.41. The van der Waals surface area contributed by atoms with E-state index >= 15 is 0 Å². The monoisotopic (exact) mass is 369 g/mol. The number of imidazole rings is 1. The molecule has 1 aliphatic carbocycles. The largest absolute Gasteiger partial charge is 0.489 e. The second-order valence-electron chi connectivity index (χ2n) is 7.42. The molecule has 0 amide bonds. The summed E-state index contributed by atoms with van der Waals surface area (Å²) in [5.74, 6) is 0.749. The van der Waals surface area contributed by atoms with Crippen LogP contribution in [-0.4, -0.2) is 17.1 Å². The molecule has 1 aliphatic rings. The van der Waals surface area contributed by atoms with Gasteiger partial charge in [0.1, 0.15) is 37.9 Å². The molecule has 1 atom stereocenters. The van der Waals surface area contributed by atoms with Crippen LogP contribution in [0.3, 0.4) is 0 Å². The average molecular weight is 369 g/mol. The van der Waals surface area contributed by atoms with Gasteiger partial charge in [0.15, 0.2) is 0 Å². The van der Waals surface area contributed by atoms with Crippen molar-refractivity contribution >= 4 is 5.97 Å². The molecule has 1 heterocycles. The van der Waals surface area contributed by atoms with Crippen molar-refractivity contribution in [2.75, 3.05) is 6.61 Å². The highest BCUT2D eigenvalue weighted by Crippen LogP contribution is 2.29. The SMILES string of the molecule is CC1=C(C)CC(C(=O)OCc2ccc(OCCn3cc[n+](C)c3)cc2)CC1. The number of carbonyl (C=O) groups is 1. The van der Waals surface area contributed by atoms with Crippen molar-refractivity contribution in [3.05, 3.63) is 59.7 Å². The number of rotatable bonds is 7. The van der Waals surface area contributed by atoms with Crippen molar-refractivity contribution in [2.24, 2.45) is 13.0 Å². The molecular weight excluding hydrogens is 340 g/mol. The van der Waals surface area contributed by atoms with E-state index in [1.165, 1.54) is 11.1 Å². The number of nitrogens with zero attached hydrogens (tertiary/aromatic N) is 2. The maximum atomic E-state index is 12.3. The predicted molar refractivity (Wildman–Crippen MR) is 103 cm³/mol. The number of aromatic nitrogens is 2. The molecule has 144 valence electrons. The van der Waals surface area contributed by atoms with Gasteiger partial charge in [0.25, 0.3) is 0 Å². The van der Waals surface area contributed by atoms with Crippen molar-refractivity contribution in [1.82, 2.24) is 4.57 Å². The predicted octanol–water partition coefficient (Wildman–Crippen LogP) is 3.57. The van der Waals surface area contributed by atoms with Crippen LogP contribution in [0.15, 0.2) is 54.1 Å². The second kappa shape index (κ2) is 8.89. The number of hydrogen-bond donors (Lipinski definition) is 0. The van der Waals surface area contributed by atoms with Crippen LogP contribution in [0.25, 0.3) is 0 Å². The number of hydrogen-bond acceptors (Lipinski definition) is 3. The molecule has 0 N–H and O–H groups in total. The molecule has 5 heteroatoms. The van der Waals surface area contributed by atoms with Crippen LogP contribution in [0, 0.1) is 5.92 Å². The molecule has 0 aliphatic heterocycles. The van der Waals surface area contributed by atoms with Gasteiger partial charge >= 0.3 is 5.97 Å². The lowest BCUT2D eigenvalue weighted by Gasteiger charge is -2.22. The number of esters is 1. The highest BCUT2D eigenvalue weighted by Gasteiger charge is 2.24. The van der Waals surface area contributed by atoms with E-state index < -0.39 is 0 Å². The van der Waals surface area contributed by atoms with Gasteiger partial charge in [0.2, 0.25) is 6.33 Å². The maximum absolute atomic E-state index is 12.3. The third-order valence-electron chi connectivity index (χ3n) is 5.23. The molecule has 1 aromatic heterocycles. The summed E-state index contributed by atoms with van der Waals surface area (Å²) in [4.78, 5) is 12.3. The molecule has 2 aromatic rings. The number of ether oxygens (including phenoxy) is 2. The Morgan fingerprint density at radius 1 is 1.22 bits per heavy atom. The lowest BCUT2D eigenvalue weighted by Crippen LogP contribution is -2.24. The van der Waals surface area contributed by atoms with Crippen LogP contribution in [0.2, 0.25) is 0 Å². The smallest absolute Gasteiger partial charge is 0.309 e. The van der Waals surface area contributed by atoms with Gasteiger partial charge < -0.3 is 9.47 Å². The second-order valence-corrected chi connectivity index (χ2v) is 7.42. The molecular formula is C22H29N2O3+. The molecule has 0 saturated heterocycles. The van der Waals surface area contributed by atoms with Crippen molar-refractivity contribution < 1.29 is 18.8 Å². The van der Waals surface area contributed by atoms with Gasteiger partial charge in [-0.3, -0.25) is 4.79 Å². The molecule has 27 heavy (non-hydrogen) atoms. The Hall–Kier alpha value is -2.56. The first-order chi connectivity index (χ1) is 13.0. The molecule has 1 aromatic carbocycles. The van der Waals surface area contributed by atoms with E-state index in [0.29, 0.717) is 13.2 Å². The van der Waals surface area contributed by atoms with Gasteiger partial charge in [-0.05, 0) is 50.8 Å². The summed E-state index contributed by atoms with van der Waals surface area (Å²) in [6, 6.07) is 7.76. The van der Waals surface area contributed by atoms with E-state index in [4.69, 9.17) is 9.47 Å². The van der Waals surface area contributed by atoms with E-state index in [2.05, 4.69) is 18.4 Å². The Kier molecular flexibility index (Phi) is 6.32. The zero-order valence-electron chi connectivity index (χ0n) is 16.5. The van der Waals surface area contributed by atoms with Gasteiger partial charge in [0, 0.05) is 0 Å². The van der Waals surface area contributed by atoms with E-state index in [9.17, 15) is 4.79 Å². The summed E-state index contributed by atoms with van der Waals surface area (Å²) < 4.78 is 15.4. The van der Waals surface area contributed by atoms with E-state index in [0.717, 1.165) is 37.1 Å². The fraction of sp³-hybridized carbons (Fsp3) is 0.455. The molecule has 0 bridgehead atoms. The fourth-order valence-electron chi connectivity index (χ4n) is 3.31. The number of carbonyl (C=O) groups excluding carboxylic acids is 1. The highest BCUT2D eigenvalue weighted by molar-refractivity contribution is 5.73. The molecule has 0 radical (unpaired) electrons. The molecule has 0 spiro atoms. The van der Waals surface area contributed by atoms with Crippen molar-refractivity contribution in [2.45, 2.75) is 46.3 Å². The third kappa shape index (κ3) is 5.46. The van der Waals surface area contributed by atoms with Crippen LogP contribution in [0.1, 0.15) is 38.7 Å². The van der Waals surface area contributed by atoms with Crippen molar-refractivity contribution in [1.29, 1.82) is 0 Å². The first kappa shape index (κ1) is 19.2. The Morgan fingerprint density at radius 2 is 2.00 bits per heavy atom. The first-order valence-corrected chi connectivity index (χ1v) is 9.56. The zero-order chi connectivity index (χ0) is 19.2. The van der Waals surface area contributed by atoms with Crippen LogP contribution in [0.5, 0.6) is 5.75 Å². The Morgan fingerprint density at radius 3 is 2.67 bits per heavy atom. The normalized spacial score (nSPS) is 17.1. The van der Waals surface area contributed by atoms with Crippen LogP contribution >= 0.6 is 0 Å². The minimum atomic E-state index is -0.0814. The number of benzene rings is 1. The quantitative estimate of drug-likeness (QED) is 0.426. The lowest BCUT2D eigenvalue weighted by atomic mass is 9.85. The summed E-state index contributed by atoms with van der Waals surface area (Å²) in [5, 5.41) is 0. The van der Waals surface area contributed by atoms with Crippen molar-refractivity contribution in [3.63, 3.8) is 0 Å². The van der Waals surface area contributed by atoms with Gasteiger partial charge in [-0.2, -0.15) is 0 Å². The fourth-order valence-corrected chi connectivity index (χ4v) is 3.31. The number of aryl methyl sites for hydroxylation is 1. The lowest BCUT2D eigenvalue weighted by molar-refractivity contribution is -0.671. The van der Waals surface area contributed by atoms with Crippen molar-refractivity contribution in [3.8, 4) is 5.75 Å². The standard InChI is InChI=1S/C22H29N2O3/c1-17-4-7-20(14-18(17)2)22(25)27-15-19-5-8-21(9-6-19)26-13-12-24-11-10-23(3)16-24/h5-6,8-11,16,20H,4,7,12-15H2,1-3H3/q+1. The van der Waals surface area contributed by atoms with E-state index in [1.807, 2.05) is 54.6 Å². The van der Waals surface area contributed by atoms with Crippen LogP contribution in [0.4, 0.5) is 0 Å². The molecule has 1 unspecified atom stereocenters. The Labute approximate surface area is 161 Å². The summed E-state index contributed by atoms with van der Waals surface area (Å²) in [5.41, 5.74) is 3.73. The van der Waals surface area contributed by atoms with Crippen LogP contribution < -0.4 is 9.30 Å². The van der Waals surface area contributed by atoms with Crippen LogP contribution in [-0.2, 0) is 29.7 Å². The first-order valence-electron chi connectivity index (χ1n) is 9.56. The Bertz CT molecular complexity index is 805.